The van der Waals surface area contributed by atoms with Crippen molar-refractivity contribution in [2.45, 2.75) is 17.7 Å². The van der Waals surface area contributed by atoms with Crippen LogP contribution in [0, 0.1) is 5.82 Å². The summed E-state index contributed by atoms with van der Waals surface area (Å²) in [6.07, 6.45) is 4.09. The van der Waals surface area contributed by atoms with Gasteiger partial charge in [0.15, 0.2) is 5.13 Å². The monoisotopic (exact) mass is 476 g/mol. The summed E-state index contributed by atoms with van der Waals surface area (Å²) < 4.78 is 40.2. The number of anilines is 2. The molecule has 0 aliphatic carbocycles. The predicted octanol–water partition coefficient (Wildman–Crippen LogP) is 2.15. The summed E-state index contributed by atoms with van der Waals surface area (Å²) in [6.45, 7) is 2.53. The molecule has 1 aromatic carbocycles. The maximum absolute atomic E-state index is 13.0. The molecule has 1 N–H and O–H groups in total. The van der Waals surface area contributed by atoms with Gasteiger partial charge in [0.2, 0.25) is 11.9 Å². The molecule has 1 fully saturated rings. The van der Waals surface area contributed by atoms with Crippen molar-refractivity contribution in [3.63, 3.8) is 0 Å². The third-order valence-corrected chi connectivity index (χ3v) is 7.25. The number of carbonyl (C=O) groups is 1. The van der Waals surface area contributed by atoms with Crippen LogP contribution in [0.1, 0.15) is 12.1 Å². The summed E-state index contributed by atoms with van der Waals surface area (Å²) in [5, 5.41) is 1.92. The lowest BCUT2D eigenvalue weighted by Crippen LogP contribution is -2.49. The van der Waals surface area contributed by atoms with Crippen LogP contribution in [-0.2, 0) is 21.2 Å². The lowest BCUT2D eigenvalue weighted by molar-refractivity contribution is -0.131. The maximum atomic E-state index is 13.0. The number of amides is 1. The molecule has 0 unspecified atom stereocenters. The van der Waals surface area contributed by atoms with E-state index >= 15 is 0 Å². The van der Waals surface area contributed by atoms with Gasteiger partial charge in [-0.15, -0.1) is 11.3 Å². The lowest BCUT2D eigenvalue weighted by Gasteiger charge is -2.34. The highest BCUT2D eigenvalue weighted by atomic mass is 32.2. The highest BCUT2D eigenvalue weighted by Crippen LogP contribution is 2.21. The summed E-state index contributed by atoms with van der Waals surface area (Å²) in [4.78, 5) is 29.1. The number of hydrogen-bond donors (Lipinski definition) is 1. The second-order valence-electron chi connectivity index (χ2n) is 7.12. The van der Waals surface area contributed by atoms with Crippen molar-refractivity contribution in [2.75, 3.05) is 35.8 Å². The number of nitrogens with one attached hydrogen (secondary N) is 1. The Kier molecular flexibility index (Phi) is 6.61. The van der Waals surface area contributed by atoms with E-state index < -0.39 is 15.8 Å². The van der Waals surface area contributed by atoms with Gasteiger partial charge in [-0.05, 0) is 36.8 Å². The van der Waals surface area contributed by atoms with E-state index in [1.165, 1.54) is 12.1 Å². The van der Waals surface area contributed by atoms with Gasteiger partial charge in [-0.1, -0.05) is 0 Å². The quantitative estimate of drug-likeness (QED) is 0.557. The Morgan fingerprint density at radius 1 is 1.09 bits per heavy atom. The first-order valence-corrected chi connectivity index (χ1v) is 12.3. The van der Waals surface area contributed by atoms with E-state index in [0.717, 1.165) is 23.5 Å². The first-order chi connectivity index (χ1) is 15.4. The van der Waals surface area contributed by atoms with Crippen molar-refractivity contribution in [3.05, 3.63) is 59.6 Å². The summed E-state index contributed by atoms with van der Waals surface area (Å²) in [6, 6.07) is 6.31. The molecule has 3 aromatic rings. The number of thiazole rings is 1. The van der Waals surface area contributed by atoms with Gasteiger partial charge in [0.1, 0.15) is 5.82 Å². The topological polar surface area (TPSA) is 108 Å². The van der Waals surface area contributed by atoms with Crippen molar-refractivity contribution in [3.8, 4) is 0 Å². The van der Waals surface area contributed by atoms with E-state index in [1.807, 2.05) is 9.80 Å². The zero-order valence-corrected chi connectivity index (χ0v) is 18.6. The fraction of sp³-hybridized carbons (Fsp3) is 0.300. The molecule has 0 radical (unpaired) electrons. The van der Waals surface area contributed by atoms with Crippen LogP contribution in [-0.4, -0.2) is 60.4 Å². The summed E-state index contributed by atoms with van der Waals surface area (Å²) in [5.74, 6) is 0.178. The molecule has 0 saturated carbocycles. The molecular formula is C20H21FN6O3S2. The smallest absolute Gasteiger partial charge is 0.263 e. The van der Waals surface area contributed by atoms with Crippen molar-refractivity contribution in [1.82, 2.24) is 19.9 Å². The van der Waals surface area contributed by atoms with Crippen molar-refractivity contribution in [2.24, 2.45) is 0 Å². The summed E-state index contributed by atoms with van der Waals surface area (Å²) >= 11 is 1.14. The molecule has 168 valence electrons. The second-order valence-corrected chi connectivity index (χ2v) is 9.66. The first-order valence-electron chi connectivity index (χ1n) is 9.93. The molecule has 32 heavy (non-hydrogen) atoms. The van der Waals surface area contributed by atoms with Gasteiger partial charge in [0.25, 0.3) is 10.0 Å². The molecule has 0 spiro atoms. The number of halogens is 1. The first kappa shape index (κ1) is 22.1. The Bertz CT molecular complexity index is 1160. The molecule has 4 rings (SSSR count). The Morgan fingerprint density at radius 2 is 1.78 bits per heavy atom. The molecule has 1 aliphatic heterocycles. The van der Waals surface area contributed by atoms with Crippen LogP contribution in [0.3, 0.4) is 0 Å². The lowest BCUT2D eigenvalue weighted by atomic mass is 10.2. The third kappa shape index (κ3) is 5.37. The van der Waals surface area contributed by atoms with Gasteiger partial charge in [-0.3, -0.25) is 9.52 Å². The third-order valence-electron chi connectivity index (χ3n) is 4.96. The molecular weight excluding hydrogens is 455 g/mol. The highest BCUT2D eigenvalue weighted by Gasteiger charge is 2.22. The fourth-order valence-electron chi connectivity index (χ4n) is 3.26. The van der Waals surface area contributed by atoms with E-state index in [9.17, 15) is 17.6 Å². The molecule has 1 saturated heterocycles. The standard InChI is InChI=1S/C20H21FN6O3S2/c21-15-2-5-17(6-3-15)32(29,30)25-20-24-16(14-31-20)4-7-18(28)26-10-12-27(13-11-26)19-22-8-1-9-23-19/h1-3,5-6,8-9,14H,4,7,10-13H2,(H,24,25). The van der Waals surface area contributed by atoms with E-state index in [0.29, 0.717) is 44.2 Å². The van der Waals surface area contributed by atoms with Gasteiger partial charge in [0, 0.05) is 50.4 Å². The van der Waals surface area contributed by atoms with Crippen LogP contribution in [0.5, 0.6) is 0 Å². The molecule has 9 nitrogen and oxygen atoms in total. The number of sulfonamides is 1. The van der Waals surface area contributed by atoms with Crippen LogP contribution in [0.25, 0.3) is 0 Å². The number of piperazine rings is 1. The largest absolute Gasteiger partial charge is 0.339 e. The average molecular weight is 477 g/mol. The second kappa shape index (κ2) is 9.57. The van der Waals surface area contributed by atoms with Gasteiger partial charge in [-0.25, -0.2) is 27.8 Å². The molecule has 1 aliphatic rings. The van der Waals surface area contributed by atoms with E-state index in [4.69, 9.17) is 0 Å². The highest BCUT2D eigenvalue weighted by molar-refractivity contribution is 7.93. The Hall–Kier alpha value is -3.12. The normalized spacial score (nSPS) is 14.4. The van der Waals surface area contributed by atoms with Gasteiger partial charge in [0.05, 0.1) is 10.6 Å². The van der Waals surface area contributed by atoms with Crippen LogP contribution in [0.4, 0.5) is 15.5 Å². The number of benzene rings is 1. The summed E-state index contributed by atoms with van der Waals surface area (Å²) in [7, 11) is -3.85. The molecule has 0 atom stereocenters. The minimum absolute atomic E-state index is 0.0278. The van der Waals surface area contributed by atoms with Gasteiger partial charge < -0.3 is 9.80 Å². The van der Waals surface area contributed by atoms with Gasteiger partial charge in [-0.2, -0.15) is 0 Å². The minimum Gasteiger partial charge on any atom is -0.339 e. The zero-order valence-electron chi connectivity index (χ0n) is 17.0. The van der Waals surface area contributed by atoms with Crippen molar-refractivity contribution < 1.29 is 17.6 Å². The van der Waals surface area contributed by atoms with E-state index in [2.05, 4.69) is 19.7 Å². The number of nitrogens with zero attached hydrogens (tertiary/aromatic N) is 5. The van der Waals surface area contributed by atoms with Crippen LogP contribution >= 0.6 is 11.3 Å². The molecule has 3 heterocycles. The Labute approximate surface area is 189 Å². The average Bonchev–Trinajstić information content (AvgIpc) is 3.25. The Morgan fingerprint density at radius 3 is 2.47 bits per heavy atom. The maximum Gasteiger partial charge on any atom is 0.263 e. The van der Waals surface area contributed by atoms with Gasteiger partial charge >= 0.3 is 0 Å². The van der Waals surface area contributed by atoms with Crippen molar-refractivity contribution >= 4 is 38.3 Å². The van der Waals surface area contributed by atoms with Crippen LogP contribution < -0.4 is 9.62 Å². The number of carbonyl (C=O) groups excluding carboxylic acids is 1. The summed E-state index contributed by atoms with van der Waals surface area (Å²) in [5.41, 5.74) is 0.636. The molecule has 12 heteroatoms. The van der Waals surface area contributed by atoms with E-state index in [1.54, 1.807) is 23.8 Å². The Balaban J connectivity index is 1.27. The number of rotatable bonds is 7. The number of aryl methyl sites for hydroxylation is 1. The number of hydrogen-bond acceptors (Lipinski definition) is 8. The number of aromatic nitrogens is 3. The van der Waals surface area contributed by atoms with E-state index in [-0.39, 0.29) is 22.4 Å². The zero-order chi connectivity index (χ0) is 22.6. The molecule has 0 bridgehead atoms. The van der Waals surface area contributed by atoms with Crippen LogP contribution in [0.2, 0.25) is 0 Å². The van der Waals surface area contributed by atoms with Crippen LogP contribution in [0.15, 0.2) is 53.0 Å². The molecule has 1 amide bonds. The van der Waals surface area contributed by atoms with Crippen molar-refractivity contribution in [1.29, 1.82) is 0 Å². The molecule has 2 aromatic heterocycles. The minimum atomic E-state index is -3.85. The fourth-order valence-corrected chi connectivity index (χ4v) is 5.26. The SMILES string of the molecule is O=C(CCc1csc(NS(=O)(=O)c2ccc(F)cc2)n1)N1CCN(c2ncccn2)CC1. The predicted molar refractivity (Wildman–Crippen MR) is 118 cm³/mol.